The summed E-state index contributed by atoms with van der Waals surface area (Å²) in [5, 5.41) is 19.4. The molecular weight excluding hydrogens is 196 g/mol. The Balaban J connectivity index is 3.13. The summed E-state index contributed by atoms with van der Waals surface area (Å²) in [6, 6.07) is 1.26. The smallest absolute Gasteiger partial charge is 0.337 e. The molecule has 1 aromatic heterocycles. The van der Waals surface area contributed by atoms with Crippen LogP contribution in [0, 0.1) is 0 Å². The first kappa shape index (κ1) is 9.47. The third-order valence-electron chi connectivity index (χ3n) is 1.31. The standard InChI is InChI=1S/C7H5ClN2O3/c8-6(10-13)4-1-5(7(11)12)3-9-2-4/h1-3,13H,(H,11,12). The van der Waals surface area contributed by atoms with Crippen molar-refractivity contribution in [3.8, 4) is 0 Å². The fourth-order valence-corrected chi connectivity index (χ4v) is 0.831. The second-order valence-corrected chi connectivity index (χ2v) is 2.52. The molecule has 13 heavy (non-hydrogen) atoms. The van der Waals surface area contributed by atoms with Gasteiger partial charge < -0.3 is 10.3 Å². The molecule has 0 aliphatic carbocycles. The molecule has 0 amide bonds. The van der Waals surface area contributed by atoms with Crippen molar-refractivity contribution < 1.29 is 15.1 Å². The molecule has 0 saturated carbocycles. The molecule has 0 bridgehead atoms. The van der Waals surface area contributed by atoms with Crippen molar-refractivity contribution in [1.29, 1.82) is 0 Å². The monoisotopic (exact) mass is 200 g/mol. The fraction of sp³-hybridized carbons (Fsp3) is 0. The number of aromatic carboxylic acids is 1. The zero-order chi connectivity index (χ0) is 9.84. The Bertz CT molecular complexity index is 365. The molecule has 0 atom stereocenters. The average molecular weight is 201 g/mol. The van der Waals surface area contributed by atoms with Crippen molar-refractivity contribution in [2.24, 2.45) is 5.16 Å². The highest BCUT2D eigenvalue weighted by atomic mass is 35.5. The number of carbonyl (C=O) groups is 1. The Morgan fingerprint density at radius 1 is 1.46 bits per heavy atom. The van der Waals surface area contributed by atoms with E-state index in [0.717, 1.165) is 0 Å². The number of nitrogens with zero attached hydrogens (tertiary/aromatic N) is 2. The molecule has 0 unspecified atom stereocenters. The summed E-state index contributed by atoms with van der Waals surface area (Å²) in [7, 11) is 0. The summed E-state index contributed by atoms with van der Waals surface area (Å²) in [6.45, 7) is 0. The second kappa shape index (κ2) is 3.86. The molecule has 0 aliphatic rings. The molecule has 68 valence electrons. The number of pyridine rings is 1. The molecule has 1 heterocycles. The number of halogens is 1. The van der Waals surface area contributed by atoms with Crippen LogP contribution < -0.4 is 0 Å². The van der Waals surface area contributed by atoms with E-state index in [2.05, 4.69) is 10.1 Å². The number of oxime groups is 1. The van der Waals surface area contributed by atoms with Gasteiger partial charge in [-0.25, -0.2) is 4.79 Å². The number of carboxylic acid groups (broad SMARTS) is 1. The Morgan fingerprint density at radius 3 is 2.62 bits per heavy atom. The van der Waals surface area contributed by atoms with Gasteiger partial charge in [-0.2, -0.15) is 0 Å². The van der Waals surface area contributed by atoms with Crippen molar-refractivity contribution in [2.45, 2.75) is 0 Å². The highest BCUT2D eigenvalue weighted by Gasteiger charge is 2.06. The Morgan fingerprint density at radius 2 is 2.08 bits per heavy atom. The minimum atomic E-state index is -1.11. The molecule has 0 fully saturated rings. The predicted molar refractivity (Wildman–Crippen MR) is 45.4 cm³/mol. The van der Waals surface area contributed by atoms with E-state index in [1.807, 2.05) is 0 Å². The van der Waals surface area contributed by atoms with Crippen LogP contribution in [0.3, 0.4) is 0 Å². The van der Waals surface area contributed by atoms with Crippen molar-refractivity contribution in [2.75, 3.05) is 0 Å². The number of aromatic nitrogens is 1. The second-order valence-electron chi connectivity index (χ2n) is 2.16. The van der Waals surface area contributed by atoms with Gasteiger partial charge in [0.05, 0.1) is 5.56 Å². The van der Waals surface area contributed by atoms with Gasteiger partial charge in [0, 0.05) is 18.0 Å². The van der Waals surface area contributed by atoms with E-state index in [1.165, 1.54) is 18.5 Å². The number of hydrogen-bond acceptors (Lipinski definition) is 4. The van der Waals surface area contributed by atoms with E-state index in [9.17, 15) is 4.79 Å². The molecule has 1 aromatic rings. The lowest BCUT2D eigenvalue weighted by Crippen LogP contribution is -2.00. The SMILES string of the molecule is O=C(O)c1cncc(C(Cl)=NO)c1. The lowest BCUT2D eigenvalue weighted by molar-refractivity contribution is 0.0696. The van der Waals surface area contributed by atoms with Gasteiger partial charge in [0.2, 0.25) is 0 Å². The molecule has 5 nitrogen and oxygen atoms in total. The summed E-state index contributed by atoms with van der Waals surface area (Å²) in [6.07, 6.45) is 2.47. The van der Waals surface area contributed by atoms with Crippen LogP contribution in [0.25, 0.3) is 0 Å². The third-order valence-corrected chi connectivity index (χ3v) is 1.61. The quantitative estimate of drug-likeness (QED) is 0.426. The Hall–Kier alpha value is -1.62. The largest absolute Gasteiger partial charge is 0.478 e. The van der Waals surface area contributed by atoms with Gasteiger partial charge >= 0.3 is 5.97 Å². The molecule has 1 rings (SSSR count). The van der Waals surface area contributed by atoms with Gasteiger partial charge in [0.15, 0.2) is 5.17 Å². The van der Waals surface area contributed by atoms with E-state index in [-0.39, 0.29) is 16.3 Å². The van der Waals surface area contributed by atoms with Crippen LogP contribution in [0.2, 0.25) is 0 Å². The zero-order valence-electron chi connectivity index (χ0n) is 6.31. The van der Waals surface area contributed by atoms with Gasteiger partial charge in [-0.3, -0.25) is 4.98 Å². The van der Waals surface area contributed by atoms with E-state index in [4.69, 9.17) is 21.9 Å². The van der Waals surface area contributed by atoms with E-state index < -0.39 is 5.97 Å². The molecule has 0 aliphatic heterocycles. The molecular formula is C7H5ClN2O3. The summed E-state index contributed by atoms with van der Waals surface area (Å²) in [5.41, 5.74) is 0.239. The normalized spacial score (nSPS) is 11.3. The van der Waals surface area contributed by atoms with Gasteiger partial charge in [-0.15, -0.1) is 0 Å². The maximum absolute atomic E-state index is 10.5. The molecule has 0 radical (unpaired) electrons. The number of rotatable bonds is 2. The van der Waals surface area contributed by atoms with E-state index in [1.54, 1.807) is 0 Å². The number of hydrogen-bond donors (Lipinski definition) is 2. The Kier molecular flexibility index (Phi) is 2.81. The van der Waals surface area contributed by atoms with Crippen LogP contribution >= 0.6 is 11.6 Å². The third kappa shape index (κ3) is 2.16. The first-order chi connectivity index (χ1) is 6.15. The molecule has 0 aromatic carbocycles. The van der Waals surface area contributed by atoms with Crippen molar-refractivity contribution >= 4 is 22.7 Å². The van der Waals surface area contributed by atoms with Crippen LogP contribution in [0.4, 0.5) is 0 Å². The zero-order valence-corrected chi connectivity index (χ0v) is 7.06. The van der Waals surface area contributed by atoms with Crippen molar-refractivity contribution in [3.05, 3.63) is 29.6 Å². The van der Waals surface area contributed by atoms with Gasteiger partial charge in [0.25, 0.3) is 0 Å². The van der Waals surface area contributed by atoms with E-state index >= 15 is 0 Å². The average Bonchev–Trinajstić information content (AvgIpc) is 2.17. The number of carboxylic acids is 1. The molecule has 0 spiro atoms. The minimum Gasteiger partial charge on any atom is -0.478 e. The first-order valence-corrected chi connectivity index (χ1v) is 3.59. The highest BCUT2D eigenvalue weighted by Crippen LogP contribution is 2.06. The van der Waals surface area contributed by atoms with Gasteiger partial charge in [-0.1, -0.05) is 16.8 Å². The van der Waals surface area contributed by atoms with Gasteiger partial charge in [0.1, 0.15) is 0 Å². The minimum absolute atomic E-state index is 0.0145. The van der Waals surface area contributed by atoms with Crippen LogP contribution in [0.1, 0.15) is 15.9 Å². The van der Waals surface area contributed by atoms with Crippen molar-refractivity contribution in [3.63, 3.8) is 0 Å². The summed E-state index contributed by atoms with van der Waals surface area (Å²) < 4.78 is 0. The van der Waals surface area contributed by atoms with Crippen LogP contribution in [-0.4, -0.2) is 26.4 Å². The first-order valence-electron chi connectivity index (χ1n) is 3.21. The van der Waals surface area contributed by atoms with Crippen LogP contribution in [0.5, 0.6) is 0 Å². The maximum atomic E-state index is 10.5. The van der Waals surface area contributed by atoms with Crippen LogP contribution in [0.15, 0.2) is 23.6 Å². The summed E-state index contributed by atoms with van der Waals surface area (Å²) in [5.74, 6) is -1.11. The lowest BCUT2D eigenvalue weighted by Gasteiger charge is -1.96. The highest BCUT2D eigenvalue weighted by molar-refractivity contribution is 6.69. The van der Waals surface area contributed by atoms with Crippen molar-refractivity contribution in [1.82, 2.24) is 4.98 Å². The summed E-state index contributed by atoms with van der Waals surface area (Å²) in [4.78, 5) is 14.1. The predicted octanol–water partition coefficient (Wildman–Crippen LogP) is 1.15. The Labute approximate surface area is 78.3 Å². The van der Waals surface area contributed by atoms with Gasteiger partial charge in [-0.05, 0) is 6.07 Å². The summed E-state index contributed by atoms with van der Waals surface area (Å²) >= 11 is 5.43. The topological polar surface area (TPSA) is 82.8 Å². The molecule has 6 heteroatoms. The lowest BCUT2D eigenvalue weighted by atomic mass is 10.2. The van der Waals surface area contributed by atoms with Crippen LogP contribution in [-0.2, 0) is 0 Å². The van der Waals surface area contributed by atoms with E-state index in [0.29, 0.717) is 0 Å². The molecule has 2 N–H and O–H groups in total. The maximum Gasteiger partial charge on any atom is 0.337 e. The fourth-order valence-electron chi connectivity index (χ4n) is 0.727. The molecule has 0 saturated heterocycles.